The number of carbonyl (C=O) groups excluding carboxylic acids is 5. The lowest BCUT2D eigenvalue weighted by Gasteiger charge is -2.22. The standard InChI is InChI=1S/C28H38O8.C25H33NO8/c1-18-12-14-22(30)26-24(35-28(3,4)36-26)11-8-10-21-20(9-6-7-16-29)13-15-23(33-17-32-5)25(21)27(31)34-19(18)2;1-15-10-12-21(29)23(30)20(28)9-6-8-18-17(7-4-5-14-33-25(32)26-3)11-13-19(27)22(18)24(31)34-16(15)2/h8,10,12-15,18-19,24,26,29H,6-7,9,11,16-17H2,1-5H3;6,8,10-13,15-16,20,23,27-28,30H,4-5,7,9,14H2,1-3H3,(H,26,32)/b10-8?,14-12-;8-6+,12-10-/t18-,19+,24+,26-;15-,16+,20+,23+/m11/s1. The van der Waals surface area contributed by atoms with E-state index in [0.717, 1.165) is 17.5 Å². The zero-order valence-corrected chi connectivity index (χ0v) is 41.5. The topological polar surface area (TPSA) is 243 Å². The number of phenolic OH excluding ortho intramolecular Hbond substituents is 1. The van der Waals surface area contributed by atoms with Crippen molar-refractivity contribution in [2.45, 2.75) is 135 Å². The van der Waals surface area contributed by atoms with Gasteiger partial charge in [0, 0.05) is 32.6 Å². The van der Waals surface area contributed by atoms with Crippen LogP contribution in [0.25, 0.3) is 12.2 Å². The summed E-state index contributed by atoms with van der Waals surface area (Å²) in [5, 5.41) is 42.4. The summed E-state index contributed by atoms with van der Waals surface area (Å²) in [5.74, 6) is -3.37. The number of amides is 1. The van der Waals surface area contributed by atoms with Crippen molar-refractivity contribution in [3.05, 3.63) is 94.1 Å². The molecule has 3 aliphatic rings. The van der Waals surface area contributed by atoms with Gasteiger partial charge in [0.1, 0.15) is 47.0 Å². The summed E-state index contributed by atoms with van der Waals surface area (Å²) in [7, 11) is 2.99. The Morgan fingerprint density at radius 2 is 1.33 bits per heavy atom. The molecule has 0 unspecified atom stereocenters. The maximum absolute atomic E-state index is 13.5. The SMILES string of the molecule is CNC(=O)OCCCCc1ccc(O)c2c1/C=C/C[C@H](O)[C@H](O)C(=O)/C=C\[C@@H](C)[C@H](C)OC2=O.COCOc1ccc(CCCCO)c2c1C(=O)O[C@@H](C)[C@H](C)/C=C\C(=O)[C@H]1OC(C)(C)O[C@H]1CC=C2. The Bertz CT molecular complexity index is 2230. The largest absolute Gasteiger partial charge is 0.507 e. The van der Waals surface area contributed by atoms with Gasteiger partial charge in [0.15, 0.2) is 24.1 Å². The van der Waals surface area contributed by atoms with E-state index in [2.05, 4.69) is 5.32 Å². The van der Waals surface area contributed by atoms with Crippen LogP contribution in [-0.4, -0.2) is 127 Å². The van der Waals surface area contributed by atoms with Crippen molar-refractivity contribution in [3.8, 4) is 11.5 Å². The van der Waals surface area contributed by atoms with Crippen LogP contribution in [0.5, 0.6) is 11.5 Å². The summed E-state index contributed by atoms with van der Waals surface area (Å²) < 4.78 is 39.2. The number of alkyl carbamates (subject to hydrolysis) is 1. The van der Waals surface area contributed by atoms with E-state index < -0.39 is 66.2 Å². The van der Waals surface area contributed by atoms with E-state index in [1.807, 2.05) is 25.1 Å². The van der Waals surface area contributed by atoms with Crippen LogP contribution in [0.1, 0.15) is 123 Å². The molecule has 17 heteroatoms. The number of rotatable bonds is 12. The highest BCUT2D eigenvalue weighted by Crippen LogP contribution is 2.35. The maximum Gasteiger partial charge on any atom is 0.406 e. The predicted octanol–water partition coefficient (Wildman–Crippen LogP) is 6.74. The van der Waals surface area contributed by atoms with Gasteiger partial charge >= 0.3 is 18.0 Å². The van der Waals surface area contributed by atoms with Crippen molar-refractivity contribution >= 4 is 41.8 Å². The van der Waals surface area contributed by atoms with E-state index in [4.69, 9.17) is 33.2 Å². The number of carbonyl (C=O) groups is 5. The predicted molar refractivity (Wildman–Crippen MR) is 260 cm³/mol. The third-order valence-electron chi connectivity index (χ3n) is 12.1. The van der Waals surface area contributed by atoms with E-state index in [9.17, 15) is 44.4 Å². The summed E-state index contributed by atoms with van der Waals surface area (Å²) in [5.41, 5.74) is 3.11. The van der Waals surface area contributed by atoms with Gasteiger partial charge < -0.3 is 58.9 Å². The van der Waals surface area contributed by atoms with E-state index in [1.165, 1.54) is 44.5 Å². The number of aryl methyl sites for hydroxylation is 2. The minimum absolute atomic E-state index is 0.00145. The minimum atomic E-state index is -1.59. The fourth-order valence-electron chi connectivity index (χ4n) is 7.74. The Hall–Kier alpha value is -5.69. The highest BCUT2D eigenvalue weighted by molar-refractivity contribution is 5.99. The van der Waals surface area contributed by atoms with Crippen molar-refractivity contribution in [3.63, 3.8) is 0 Å². The molecular weight excluding hydrogens is 907 g/mol. The van der Waals surface area contributed by atoms with Crippen LogP contribution < -0.4 is 10.1 Å². The number of ether oxygens (including phenoxy) is 7. The number of aliphatic hydroxyl groups excluding tert-OH is 3. The number of benzene rings is 2. The molecule has 3 heterocycles. The Kier molecular flexibility index (Phi) is 22.5. The summed E-state index contributed by atoms with van der Waals surface area (Å²) in [4.78, 5) is 62.7. The summed E-state index contributed by atoms with van der Waals surface area (Å²) >= 11 is 0. The maximum atomic E-state index is 13.5. The molecule has 3 aliphatic heterocycles. The zero-order valence-electron chi connectivity index (χ0n) is 41.5. The number of hydrogen-bond acceptors (Lipinski definition) is 16. The van der Waals surface area contributed by atoms with Crippen molar-refractivity contribution in [1.82, 2.24) is 5.32 Å². The average Bonchev–Trinajstić information content (AvgIpc) is 3.64. The van der Waals surface area contributed by atoms with E-state index >= 15 is 0 Å². The normalized spacial score (nSPS) is 26.3. The van der Waals surface area contributed by atoms with Crippen molar-refractivity contribution in [2.75, 3.05) is 34.2 Å². The molecule has 0 radical (unpaired) electrons. The van der Waals surface area contributed by atoms with Crippen molar-refractivity contribution < 1.29 is 77.6 Å². The molecular formula is C53H71NO16. The number of nitrogens with one attached hydrogen (secondary N) is 1. The molecule has 5 N–H and O–H groups in total. The molecule has 5 rings (SSSR count). The lowest BCUT2D eigenvalue weighted by molar-refractivity contribution is -0.152. The van der Waals surface area contributed by atoms with Crippen LogP contribution >= 0.6 is 0 Å². The summed E-state index contributed by atoms with van der Waals surface area (Å²) in [6.07, 6.45) is 11.2. The van der Waals surface area contributed by atoms with Crippen molar-refractivity contribution in [1.29, 1.82) is 0 Å². The first kappa shape index (κ1) is 56.9. The van der Waals surface area contributed by atoms with Crippen LogP contribution in [0.15, 0.2) is 60.7 Å². The molecule has 0 saturated carbocycles. The Morgan fingerprint density at radius 3 is 1.94 bits per heavy atom. The molecule has 1 fully saturated rings. The molecule has 1 saturated heterocycles. The number of phenols is 1. The number of cyclic esters (lactones) is 2. The number of fused-ring (bicyclic) bond motifs is 3. The van der Waals surface area contributed by atoms with Gasteiger partial charge in [-0.2, -0.15) is 0 Å². The first-order valence-electron chi connectivity index (χ1n) is 23.8. The summed E-state index contributed by atoms with van der Waals surface area (Å²) in [6.45, 7) is 11.0. The first-order valence-corrected chi connectivity index (χ1v) is 23.8. The number of ketones is 2. The second-order valence-corrected chi connectivity index (χ2v) is 18.0. The number of unbranched alkanes of at least 4 members (excludes halogenated alkanes) is 2. The quantitative estimate of drug-likeness (QED) is 0.0640. The number of methoxy groups -OCH3 is 1. The van der Waals surface area contributed by atoms with Gasteiger partial charge in [0.05, 0.1) is 18.8 Å². The second kappa shape index (κ2) is 27.6. The molecule has 2 aromatic rings. The van der Waals surface area contributed by atoms with Gasteiger partial charge in [-0.25, -0.2) is 14.4 Å². The van der Waals surface area contributed by atoms with E-state index in [1.54, 1.807) is 58.9 Å². The second-order valence-electron chi connectivity index (χ2n) is 18.0. The fourth-order valence-corrected chi connectivity index (χ4v) is 7.74. The van der Waals surface area contributed by atoms with E-state index in [-0.39, 0.29) is 55.4 Å². The lowest BCUT2D eigenvalue weighted by Crippen LogP contribution is -2.32. The average molecular weight is 978 g/mol. The number of hydrogen-bond donors (Lipinski definition) is 5. The third kappa shape index (κ3) is 16.5. The van der Waals surface area contributed by atoms with Crippen LogP contribution in [0.2, 0.25) is 0 Å². The van der Waals surface area contributed by atoms with E-state index in [0.29, 0.717) is 61.0 Å². The molecule has 0 aliphatic carbocycles. The zero-order chi connectivity index (χ0) is 51.5. The van der Waals surface area contributed by atoms with Crippen LogP contribution in [0.4, 0.5) is 4.79 Å². The fraction of sp³-hybridized carbons (Fsp3) is 0.528. The van der Waals surface area contributed by atoms with Gasteiger partial charge in [-0.3, -0.25) is 9.59 Å². The minimum Gasteiger partial charge on any atom is -0.507 e. The van der Waals surface area contributed by atoms with Gasteiger partial charge in [0.25, 0.3) is 0 Å². The molecule has 17 nitrogen and oxygen atoms in total. The first-order chi connectivity index (χ1) is 33.3. The van der Waals surface area contributed by atoms with Crippen LogP contribution in [-0.2, 0) is 50.9 Å². The van der Waals surface area contributed by atoms with Gasteiger partial charge in [-0.15, -0.1) is 0 Å². The van der Waals surface area contributed by atoms with Crippen LogP contribution in [0.3, 0.4) is 0 Å². The van der Waals surface area contributed by atoms with Gasteiger partial charge in [0.2, 0.25) is 0 Å². The van der Waals surface area contributed by atoms with Crippen molar-refractivity contribution in [2.24, 2.45) is 11.8 Å². The number of aliphatic hydroxyl groups is 3. The van der Waals surface area contributed by atoms with Gasteiger partial charge in [-0.1, -0.05) is 62.4 Å². The third-order valence-corrected chi connectivity index (χ3v) is 12.1. The number of aromatic hydroxyl groups is 1. The molecule has 70 heavy (non-hydrogen) atoms. The lowest BCUT2D eigenvalue weighted by atomic mass is 9.94. The number of esters is 2. The summed E-state index contributed by atoms with van der Waals surface area (Å²) in [6, 6.07) is 6.79. The molecule has 8 atom stereocenters. The Morgan fingerprint density at radius 1 is 0.757 bits per heavy atom. The monoisotopic (exact) mass is 977 g/mol. The smallest absolute Gasteiger partial charge is 0.406 e. The van der Waals surface area contributed by atoms with Gasteiger partial charge in [-0.05, 0) is 126 Å². The molecule has 1 amide bonds. The van der Waals surface area contributed by atoms with Crippen LogP contribution in [0, 0.1) is 11.8 Å². The highest BCUT2D eigenvalue weighted by Gasteiger charge is 2.44. The molecule has 2 aromatic carbocycles. The molecule has 0 spiro atoms. The molecule has 0 bridgehead atoms. The highest BCUT2D eigenvalue weighted by atomic mass is 16.8. The Labute approximate surface area is 410 Å². The Balaban J connectivity index is 0.000000305. The molecule has 384 valence electrons. The molecule has 0 aromatic heterocycles.